The molecule has 98 valence electrons. The minimum atomic E-state index is 0.280. The number of hydrogen-bond acceptors (Lipinski definition) is 5. The summed E-state index contributed by atoms with van der Waals surface area (Å²) in [6.07, 6.45) is 3.41. The van der Waals surface area contributed by atoms with Crippen molar-refractivity contribution in [1.82, 2.24) is 9.97 Å². The maximum absolute atomic E-state index is 5.43. The lowest BCUT2D eigenvalue weighted by Gasteiger charge is -2.07. The van der Waals surface area contributed by atoms with Gasteiger partial charge in [-0.2, -0.15) is 0 Å². The number of thiophene rings is 1. The van der Waals surface area contributed by atoms with Gasteiger partial charge in [0.25, 0.3) is 0 Å². The van der Waals surface area contributed by atoms with Crippen molar-refractivity contribution in [3.63, 3.8) is 0 Å². The molecule has 0 unspecified atom stereocenters. The van der Waals surface area contributed by atoms with E-state index in [2.05, 4.69) is 16.0 Å². The fourth-order valence-electron chi connectivity index (χ4n) is 2.21. The Kier molecular flexibility index (Phi) is 2.63. The molecule has 0 saturated carbocycles. The molecule has 0 bridgehead atoms. The summed E-state index contributed by atoms with van der Waals surface area (Å²) in [5.74, 6) is 1.55. The highest BCUT2D eigenvalue weighted by Crippen LogP contribution is 2.38. The van der Waals surface area contributed by atoms with Crippen molar-refractivity contribution in [2.75, 3.05) is 6.79 Å². The van der Waals surface area contributed by atoms with Crippen molar-refractivity contribution >= 4 is 11.3 Å². The van der Waals surface area contributed by atoms with E-state index in [1.54, 1.807) is 17.7 Å². The van der Waals surface area contributed by atoms with Gasteiger partial charge in [-0.15, -0.1) is 11.3 Å². The van der Waals surface area contributed by atoms with E-state index < -0.39 is 0 Å². The summed E-state index contributed by atoms with van der Waals surface area (Å²) in [6, 6.07) is 9.97. The SMILES string of the molecule is c1csc(-c2ncncc2-c2ccc3c(c2)OCO3)c1. The second-order valence-corrected chi connectivity index (χ2v) is 5.28. The van der Waals surface area contributed by atoms with Crippen LogP contribution in [0.2, 0.25) is 0 Å². The maximum Gasteiger partial charge on any atom is 0.231 e. The summed E-state index contributed by atoms with van der Waals surface area (Å²) in [6.45, 7) is 0.280. The first-order chi connectivity index (χ1) is 9.92. The fourth-order valence-corrected chi connectivity index (χ4v) is 2.95. The van der Waals surface area contributed by atoms with E-state index in [0.29, 0.717) is 0 Å². The van der Waals surface area contributed by atoms with Gasteiger partial charge in [0.1, 0.15) is 6.33 Å². The number of ether oxygens (including phenoxy) is 2. The van der Waals surface area contributed by atoms with Gasteiger partial charge in [-0.1, -0.05) is 12.1 Å². The summed E-state index contributed by atoms with van der Waals surface area (Å²) in [5, 5.41) is 2.04. The lowest BCUT2D eigenvalue weighted by atomic mass is 10.0. The molecular weight excluding hydrogens is 272 g/mol. The van der Waals surface area contributed by atoms with Gasteiger partial charge in [-0.25, -0.2) is 9.97 Å². The molecular formula is C15H10N2O2S. The molecule has 0 fully saturated rings. The molecule has 4 rings (SSSR count). The summed E-state index contributed by atoms with van der Waals surface area (Å²) < 4.78 is 10.8. The summed E-state index contributed by atoms with van der Waals surface area (Å²) in [5.41, 5.74) is 2.96. The second kappa shape index (κ2) is 4.61. The average Bonchev–Trinajstić information content (AvgIpc) is 3.18. The number of rotatable bonds is 2. The fraction of sp³-hybridized carbons (Fsp3) is 0.0667. The van der Waals surface area contributed by atoms with Crippen LogP contribution in [0.3, 0.4) is 0 Å². The number of aromatic nitrogens is 2. The number of benzene rings is 1. The molecule has 3 heterocycles. The molecule has 4 nitrogen and oxygen atoms in total. The van der Waals surface area contributed by atoms with Gasteiger partial charge in [-0.3, -0.25) is 0 Å². The van der Waals surface area contributed by atoms with Gasteiger partial charge in [0.05, 0.1) is 10.6 Å². The lowest BCUT2D eigenvalue weighted by Crippen LogP contribution is -1.93. The third-order valence-corrected chi connectivity index (χ3v) is 4.03. The highest BCUT2D eigenvalue weighted by Gasteiger charge is 2.16. The first kappa shape index (κ1) is 11.4. The predicted molar refractivity (Wildman–Crippen MR) is 76.9 cm³/mol. The highest BCUT2D eigenvalue weighted by molar-refractivity contribution is 7.13. The molecule has 1 aliphatic rings. The van der Waals surface area contributed by atoms with Gasteiger partial charge in [0.2, 0.25) is 6.79 Å². The minimum absolute atomic E-state index is 0.280. The molecule has 0 spiro atoms. The topological polar surface area (TPSA) is 44.2 Å². The van der Waals surface area contributed by atoms with E-state index in [1.807, 2.05) is 35.8 Å². The van der Waals surface area contributed by atoms with Crippen molar-refractivity contribution in [2.45, 2.75) is 0 Å². The highest BCUT2D eigenvalue weighted by atomic mass is 32.1. The Balaban J connectivity index is 1.87. The molecule has 1 aliphatic heterocycles. The van der Waals surface area contributed by atoms with Crippen molar-refractivity contribution in [1.29, 1.82) is 0 Å². The Morgan fingerprint density at radius 1 is 1.10 bits per heavy atom. The smallest absolute Gasteiger partial charge is 0.231 e. The second-order valence-electron chi connectivity index (χ2n) is 4.33. The van der Waals surface area contributed by atoms with Gasteiger partial charge in [0.15, 0.2) is 11.5 Å². The molecule has 3 aromatic rings. The van der Waals surface area contributed by atoms with Crippen molar-refractivity contribution in [2.24, 2.45) is 0 Å². The van der Waals surface area contributed by atoms with Crippen LogP contribution in [0.1, 0.15) is 0 Å². The first-order valence-electron chi connectivity index (χ1n) is 6.16. The Hall–Kier alpha value is -2.40. The van der Waals surface area contributed by atoms with Crippen LogP contribution in [0.4, 0.5) is 0 Å². The molecule has 0 N–H and O–H groups in total. The van der Waals surface area contributed by atoms with Gasteiger partial charge >= 0.3 is 0 Å². The zero-order chi connectivity index (χ0) is 13.4. The summed E-state index contributed by atoms with van der Waals surface area (Å²) in [4.78, 5) is 9.69. The Morgan fingerprint density at radius 2 is 2.05 bits per heavy atom. The monoisotopic (exact) mass is 282 g/mol. The minimum Gasteiger partial charge on any atom is -0.454 e. The molecule has 0 radical (unpaired) electrons. The molecule has 1 aromatic carbocycles. The van der Waals surface area contributed by atoms with Crippen molar-refractivity contribution in [3.8, 4) is 33.2 Å². The Morgan fingerprint density at radius 3 is 2.95 bits per heavy atom. The molecule has 5 heteroatoms. The van der Waals surface area contributed by atoms with Gasteiger partial charge in [0, 0.05) is 11.8 Å². The van der Waals surface area contributed by atoms with Crippen LogP contribution in [0.15, 0.2) is 48.2 Å². The Bertz CT molecular complexity index is 756. The van der Waals surface area contributed by atoms with Gasteiger partial charge < -0.3 is 9.47 Å². The van der Waals surface area contributed by atoms with Crippen LogP contribution in [0.5, 0.6) is 11.5 Å². The number of fused-ring (bicyclic) bond motifs is 1. The third-order valence-electron chi connectivity index (χ3n) is 3.15. The van der Waals surface area contributed by atoms with E-state index >= 15 is 0 Å². The van der Waals surface area contributed by atoms with Crippen LogP contribution in [-0.2, 0) is 0 Å². The van der Waals surface area contributed by atoms with E-state index in [4.69, 9.17) is 9.47 Å². The zero-order valence-electron chi connectivity index (χ0n) is 10.4. The van der Waals surface area contributed by atoms with Crippen molar-refractivity contribution < 1.29 is 9.47 Å². The molecule has 0 amide bonds. The van der Waals surface area contributed by atoms with Crippen LogP contribution in [0.25, 0.3) is 21.7 Å². The number of nitrogens with zero attached hydrogens (tertiary/aromatic N) is 2. The lowest BCUT2D eigenvalue weighted by molar-refractivity contribution is 0.174. The molecule has 2 aromatic heterocycles. The maximum atomic E-state index is 5.43. The first-order valence-corrected chi connectivity index (χ1v) is 7.04. The normalized spacial score (nSPS) is 12.6. The predicted octanol–water partition coefficient (Wildman–Crippen LogP) is 3.60. The van der Waals surface area contributed by atoms with Gasteiger partial charge in [-0.05, 0) is 29.1 Å². The van der Waals surface area contributed by atoms with E-state index in [-0.39, 0.29) is 6.79 Å². The number of hydrogen-bond donors (Lipinski definition) is 0. The average molecular weight is 282 g/mol. The summed E-state index contributed by atoms with van der Waals surface area (Å²) in [7, 11) is 0. The van der Waals surface area contributed by atoms with E-state index in [0.717, 1.165) is 33.2 Å². The largest absolute Gasteiger partial charge is 0.454 e. The standard InChI is InChI=1S/C15H10N2O2S/c1-2-14(20-5-1)15-11(7-16-8-17-15)10-3-4-12-13(6-10)19-9-18-12/h1-8H,9H2. The van der Waals surface area contributed by atoms with Crippen LogP contribution < -0.4 is 9.47 Å². The molecule has 0 atom stereocenters. The quantitative estimate of drug-likeness (QED) is 0.720. The van der Waals surface area contributed by atoms with Crippen LogP contribution in [0, 0.1) is 0 Å². The van der Waals surface area contributed by atoms with Crippen molar-refractivity contribution in [3.05, 3.63) is 48.2 Å². The third kappa shape index (κ3) is 1.83. The molecule has 0 saturated heterocycles. The molecule has 0 aliphatic carbocycles. The molecule has 20 heavy (non-hydrogen) atoms. The van der Waals surface area contributed by atoms with E-state index in [9.17, 15) is 0 Å². The van der Waals surface area contributed by atoms with E-state index in [1.165, 1.54) is 0 Å². The Labute approximate surface area is 119 Å². The van der Waals surface area contributed by atoms with Crippen LogP contribution >= 0.6 is 11.3 Å². The summed E-state index contributed by atoms with van der Waals surface area (Å²) >= 11 is 1.66. The van der Waals surface area contributed by atoms with Crippen LogP contribution in [-0.4, -0.2) is 16.8 Å². The zero-order valence-corrected chi connectivity index (χ0v) is 11.3.